The number of ether oxygens (including phenoxy) is 1. The highest BCUT2D eigenvalue weighted by Crippen LogP contribution is 2.09. The third-order valence-electron chi connectivity index (χ3n) is 4.70. The first-order valence-corrected chi connectivity index (χ1v) is 11.8. The molecule has 0 aromatic rings. The van der Waals surface area contributed by atoms with E-state index in [1.54, 1.807) is 0 Å². The lowest BCUT2D eigenvalue weighted by molar-refractivity contribution is -0.147. The van der Waals surface area contributed by atoms with E-state index < -0.39 is 30.6 Å². The summed E-state index contributed by atoms with van der Waals surface area (Å²) >= 11 is 0. The van der Waals surface area contributed by atoms with Crippen LogP contribution in [0.2, 0.25) is 0 Å². The van der Waals surface area contributed by atoms with Crippen LogP contribution in [0.5, 0.6) is 0 Å². The lowest BCUT2D eigenvalue weighted by atomic mass is 10.1. The first-order valence-electron chi connectivity index (χ1n) is 11.8. The number of esters is 1. The number of carboxylic acids is 3. The van der Waals surface area contributed by atoms with Gasteiger partial charge >= 0.3 is 23.9 Å². The topological polar surface area (TPSA) is 179 Å². The van der Waals surface area contributed by atoms with Crippen LogP contribution in [0.1, 0.15) is 103 Å². The molecule has 0 radical (unpaired) electrons. The Bertz CT molecular complexity index is 501. The predicted octanol–water partition coefficient (Wildman–Crippen LogP) is 3.36. The number of carbonyl (C=O) groups excluding carboxylic acids is 1. The number of aliphatic hydroxyl groups is 2. The van der Waals surface area contributed by atoms with Gasteiger partial charge in [0.1, 0.15) is 12.7 Å². The first kappa shape index (κ1) is 33.0. The summed E-state index contributed by atoms with van der Waals surface area (Å²) in [4.78, 5) is 41.7. The highest BCUT2D eigenvalue weighted by Gasteiger charge is 2.07. The summed E-state index contributed by atoms with van der Waals surface area (Å²) in [5, 5.41) is 42.6. The molecule has 194 valence electrons. The van der Waals surface area contributed by atoms with Crippen LogP contribution in [0, 0.1) is 0 Å². The van der Waals surface area contributed by atoms with Gasteiger partial charge in [0, 0.05) is 25.7 Å². The molecular formula is C23H42O10. The summed E-state index contributed by atoms with van der Waals surface area (Å²) in [6.07, 6.45) is 10.6. The van der Waals surface area contributed by atoms with E-state index in [1.807, 2.05) is 0 Å². The van der Waals surface area contributed by atoms with Crippen LogP contribution < -0.4 is 0 Å². The summed E-state index contributed by atoms with van der Waals surface area (Å²) < 4.78 is 4.75. The van der Waals surface area contributed by atoms with Crippen molar-refractivity contribution in [2.75, 3.05) is 13.2 Å². The largest absolute Gasteiger partial charge is 0.481 e. The Morgan fingerprint density at radius 1 is 0.545 bits per heavy atom. The number of unbranched alkanes of at least 4 members (excludes halogenated alkanes) is 10. The highest BCUT2D eigenvalue weighted by molar-refractivity contribution is 5.69. The highest BCUT2D eigenvalue weighted by atomic mass is 16.5. The SMILES string of the molecule is O=C(O)CCCCCCCCC(=O)O.O=C(O)CCCCCCCCC(=O)OCC(O)CO. The summed E-state index contributed by atoms with van der Waals surface area (Å²) in [6, 6.07) is 0. The number of carboxylic acid groups (broad SMARTS) is 3. The Balaban J connectivity index is 0. The fourth-order valence-corrected chi connectivity index (χ4v) is 2.83. The van der Waals surface area contributed by atoms with Gasteiger partial charge in [-0.15, -0.1) is 0 Å². The van der Waals surface area contributed by atoms with E-state index >= 15 is 0 Å². The van der Waals surface area contributed by atoms with Crippen molar-refractivity contribution in [3.05, 3.63) is 0 Å². The fraction of sp³-hybridized carbons (Fsp3) is 0.826. The van der Waals surface area contributed by atoms with Gasteiger partial charge in [0.15, 0.2) is 0 Å². The van der Waals surface area contributed by atoms with Gasteiger partial charge in [-0.3, -0.25) is 19.2 Å². The maximum Gasteiger partial charge on any atom is 0.305 e. The van der Waals surface area contributed by atoms with Crippen molar-refractivity contribution in [1.82, 2.24) is 0 Å². The second-order valence-corrected chi connectivity index (χ2v) is 7.94. The Morgan fingerprint density at radius 2 is 0.848 bits per heavy atom. The molecule has 0 saturated carbocycles. The quantitative estimate of drug-likeness (QED) is 0.121. The zero-order valence-electron chi connectivity index (χ0n) is 19.6. The van der Waals surface area contributed by atoms with Crippen molar-refractivity contribution in [3.8, 4) is 0 Å². The van der Waals surface area contributed by atoms with E-state index in [9.17, 15) is 19.2 Å². The van der Waals surface area contributed by atoms with Crippen molar-refractivity contribution >= 4 is 23.9 Å². The van der Waals surface area contributed by atoms with Gasteiger partial charge in [-0.1, -0.05) is 51.4 Å². The van der Waals surface area contributed by atoms with Gasteiger partial charge in [0.2, 0.25) is 0 Å². The Hall–Kier alpha value is -2.20. The van der Waals surface area contributed by atoms with Crippen LogP contribution in [-0.2, 0) is 23.9 Å². The molecule has 1 atom stereocenters. The summed E-state index contributed by atoms with van der Waals surface area (Å²) in [5.41, 5.74) is 0. The van der Waals surface area contributed by atoms with Gasteiger partial charge in [-0.25, -0.2) is 0 Å². The minimum Gasteiger partial charge on any atom is -0.481 e. The van der Waals surface area contributed by atoms with Gasteiger partial charge in [0.05, 0.1) is 6.61 Å². The predicted molar refractivity (Wildman–Crippen MR) is 121 cm³/mol. The monoisotopic (exact) mass is 478 g/mol. The molecule has 33 heavy (non-hydrogen) atoms. The molecule has 5 N–H and O–H groups in total. The van der Waals surface area contributed by atoms with E-state index in [4.69, 9.17) is 30.3 Å². The minimum atomic E-state index is -1.00. The molecule has 0 aliphatic rings. The van der Waals surface area contributed by atoms with Gasteiger partial charge in [-0.05, 0) is 25.7 Å². The molecule has 0 fully saturated rings. The van der Waals surface area contributed by atoms with Crippen molar-refractivity contribution in [1.29, 1.82) is 0 Å². The zero-order valence-corrected chi connectivity index (χ0v) is 19.6. The Morgan fingerprint density at radius 3 is 1.15 bits per heavy atom. The second-order valence-electron chi connectivity index (χ2n) is 7.94. The van der Waals surface area contributed by atoms with E-state index in [0.717, 1.165) is 70.6 Å². The van der Waals surface area contributed by atoms with Crippen molar-refractivity contribution in [2.24, 2.45) is 0 Å². The molecule has 1 unspecified atom stereocenters. The van der Waals surface area contributed by atoms with Gasteiger partial charge in [0.25, 0.3) is 0 Å². The van der Waals surface area contributed by atoms with Gasteiger partial charge in [-0.2, -0.15) is 0 Å². The van der Waals surface area contributed by atoms with Crippen molar-refractivity contribution in [3.63, 3.8) is 0 Å². The number of hydrogen-bond acceptors (Lipinski definition) is 7. The van der Waals surface area contributed by atoms with Crippen molar-refractivity contribution in [2.45, 2.75) is 109 Å². The standard InChI is InChI=1S/C13H24O6.C10H18O4/c14-9-11(15)10-19-13(18)8-6-4-2-1-3-5-7-12(16)17;11-9(12)7-5-3-1-2-4-6-8-10(13)14/h11,14-15H,1-10H2,(H,16,17);1-8H2,(H,11,12)(H,13,14). The fourth-order valence-electron chi connectivity index (χ4n) is 2.83. The number of rotatable bonds is 21. The van der Waals surface area contributed by atoms with Crippen LogP contribution in [0.15, 0.2) is 0 Å². The molecule has 0 bridgehead atoms. The van der Waals surface area contributed by atoms with E-state index in [-0.39, 0.29) is 31.8 Å². The molecule has 0 rings (SSSR count). The summed E-state index contributed by atoms with van der Waals surface area (Å²) in [5.74, 6) is -2.60. The van der Waals surface area contributed by atoms with Crippen LogP contribution in [-0.4, -0.2) is 68.7 Å². The van der Waals surface area contributed by atoms with Crippen LogP contribution in [0.3, 0.4) is 0 Å². The number of carbonyl (C=O) groups is 4. The smallest absolute Gasteiger partial charge is 0.305 e. The lowest BCUT2D eigenvalue weighted by Gasteiger charge is -2.08. The van der Waals surface area contributed by atoms with E-state index in [2.05, 4.69) is 0 Å². The van der Waals surface area contributed by atoms with Crippen molar-refractivity contribution < 1.29 is 49.4 Å². The zero-order chi connectivity index (χ0) is 25.3. The molecule has 0 amide bonds. The molecule has 0 aliphatic heterocycles. The van der Waals surface area contributed by atoms with Crippen LogP contribution in [0.4, 0.5) is 0 Å². The molecule has 0 aromatic heterocycles. The second kappa shape index (κ2) is 24.4. The Labute approximate surface area is 196 Å². The number of hydrogen-bond donors (Lipinski definition) is 5. The molecule has 0 saturated heterocycles. The van der Waals surface area contributed by atoms with Crippen LogP contribution in [0.25, 0.3) is 0 Å². The lowest BCUT2D eigenvalue weighted by Crippen LogP contribution is -2.21. The van der Waals surface area contributed by atoms with E-state index in [1.165, 1.54) is 0 Å². The minimum absolute atomic E-state index is 0.162. The Kier molecular flexibility index (Phi) is 24.4. The van der Waals surface area contributed by atoms with Crippen LogP contribution >= 0.6 is 0 Å². The third-order valence-corrected chi connectivity index (χ3v) is 4.70. The first-order chi connectivity index (χ1) is 15.7. The average Bonchev–Trinajstić information content (AvgIpc) is 2.75. The molecule has 0 aliphatic carbocycles. The number of aliphatic hydroxyl groups excluding tert-OH is 2. The maximum absolute atomic E-state index is 11.2. The van der Waals surface area contributed by atoms with Gasteiger partial charge < -0.3 is 30.3 Å². The summed E-state index contributed by atoms with van der Waals surface area (Å²) in [6.45, 7) is -0.575. The molecule has 0 aromatic carbocycles. The average molecular weight is 479 g/mol. The normalized spacial score (nSPS) is 11.2. The molecule has 0 spiro atoms. The number of aliphatic carboxylic acids is 3. The summed E-state index contributed by atoms with van der Waals surface area (Å²) in [7, 11) is 0. The maximum atomic E-state index is 11.2. The third kappa shape index (κ3) is 32.1. The molecular weight excluding hydrogens is 436 g/mol. The molecule has 0 heterocycles. The molecule has 10 heteroatoms. The van der Waals surface area contributed by atoms with E-state index in [0.29, 0.717) is 12.8 Å². The molecule has 10 nitrogen and oxygen atoms in total.